The number of ether oxygens (including phenoxy) is 1. The second-order valence-electron chi connectivity index (χ2n) is 8.65. The van der Waals surface area contributed by atoms with Gasteiger partial charge in [-0.15, -0.1) is 0 Å². The van der Waals surface area contributed by atoms with Crippen molar-refractivity contribution in [3.63, 3.8) is 0 Å². The molecule has 2 heterocycles. The van der Waals surface area contributed by atoms with Gasteiger partial charge in [0.05, 0.1) is 18.1 Å². The van der Waals surface area contributed by atoms with Crippen LogP contribution < -0.4 is 4.74 Å². The van der Waals surface area contributed by atoms with Crippen molar-refractivity contribution >= 4 is 22.8 Å². The summed E-state index contributed by atoms with van der Waals surface area (Å²) in [5.41, 5.74) is 2.96. The van der Waals surface area contributed by atoms with Crippen LogP contribution in [0.2, 0.25) is 0 Å². The van der Waals surface area contributed by atoms with E-state index < -0.39 is 5.97 Å². The molecule has 1 N–H and O–H groups in total. The van der Waals surface area contributed by atoms with E-state index in [9.17, 15) is 9.59 Å². The van der Waals surface area contributed by atoms with Crippen molar-refractivity contribution in [2.75, 3.05) is 26.7 Å². The molecule has 3 aromatic rings. The summed E-state index contributed by atoms with van der Waals surface area (Å²) < 4.78 is 7.13. The van der Waals surface area contributed by atoms with Gasteiger partial charge in [0, 0.05) is 25.4 Å². The molecule has 0 bridgehead atoms. The SMILES string of the molecule is COc1ccc(CCN2CCC(C(=O)c3nc4ccccc4n3CCCC(=O)O)CC2)cc1. The molecule has 7 nitrogen and oxygen atoms in total. The molecule has 2 aromatic carbocycles. The van der Waals surface area contributed by atoms with Crippen LogP contribution in [0.1, 0.15) is 41.9 Å². The van der Waals surface area contributed by atoms with E-state index in [-0.39, 0.29) is 18.1 Å². The Hall–Kier alpha value is -3.19. The maximum atomic E-state index is 13.4. The average Bonchev–Trinajstić information content (AvgIpc) is 3.21. The zero-order valence-electron chi connectivity index (χ0n) is 19.1. The van der Waals surface area contributed by atoms with E-state index in [0.717, 1.165) is 55.7 Å². The Kier molecular flexibility index (Phi) is 7.40. The van der Waals surface area contributed by atoms with Crippen molar-refractivity contribution in [3.05, 3.63) is 59.9 Å². The third kappa shape index (κ3) is 5.60. The van der Waals surface area contributed by atoms with Gasteiger partial charge in [0.25, 0.3) is 0 Å². The zero-order valence-corrected chi connectivity index (χ0v) is 19.1. The second-order valence-corrected chi connectivity index (χ2v) is 8.65. The average molecular weight is 450 g/mol. The van der Waals surface area contributed by atoms with Gasteiger partial charge in [-0.2, -0.15) is 0 Å². The number of aliphatic carboxylic acids is 1. The molecule has 1 fully saturated rings. The number of methoxy groups -OCH3 is 1. The van der Waals surface area contributed by atoms with Crippen LogP contribution in [0.15, 0.2) is 48.5 Å². The van der Waals surface area contributed by atoms with Crippen molar-refractivity contribution in [2.45, 2.75) is 38.6 Å². The number of hydrogen-bond donors (Lipinski definition) is 1. The number of aryl methyl sites for hydroxylation is 1. The van der Waals surface area contributed by atoms with Gasteiger partial charge in [-0.05, 0) is 68.6 Å². The quantitative estimate of drug-likeness (QED) is 0.470. The lowest BCUT2D eigenvalue weighted by molar-refractivity contribution is -0.137. The monoisotopic (exact) mass is 449 g/mol. The predicted molar refractivity (Wildman–Crippen MR) is 127 cm³/mol. The lowest BCUT2D eigenvalue weighted by atomic mass is 9.91. The van der Waals surface area contributed by atoms with Crippen molar-refractivity contribution in [1.82, 2.24) is 14.5 Å². The van der Waals surface area contributed by atoms with Crippen LogP contribution in [-0.4, -0.2) is 58.1 Å². The number of carbonyl (C=O) groups is 2. The number of carbonyl (C=O) groups excluding carboxylic acids is 1. The highest BCUT2D eigenvalue weighted by atomic mass is 16.5. The maximum absolute atomic E-state index is 13.4. The van der Waals surface area contributed by atoms with Crippen LogP contribution in [-0.2, 0) is 17.8 Å². The van der Waals surface area contributed by atoms with Crippen LogP contribution in [0.5, 0.6) is 5.75 Å². The molecule has 1 saturated heterocycles. The molecular weight excluding hydrogens is 418 g/mol. The number of rotatable bonds is 10. The van der Waals surface area contributed by atoms with E-state index >= 15 is 0 Å². The van der Waals surface area contributed by atoms with Crippen molar-refractivity contribution < 1.29 is 19.4 Å². The first-order chi connectivity index (χ1) is 16.0. The summed E-state index contributed by atoms with van der Waals surface area (Å²) in [7, 11) is 1.67. The van der Waals surface area contributed by atoms with Crippen LogP contribution >= 0.6 is 0 Å². The van der Waals surface area contributed by atoms with Gasteiger partial charge in [0.1, 0.15) is 5.75 Å². The minimum Gasteiger partial charge on any atom is -0.497 e. The molecule has 0 amide bonds. The van der Waals surface area contributed by atoms with Gasteiger partial charge in [-0.1, -0.05) is 24.3 Å². The Morgan fingerprint density at radius 1 is 1.06 bits per heavy atom. The van der Waals surface area contributed by atoms with Crippen molar-refractivity contribution in [3.8, 4) is 5.75 Å². The molecule has 4 rings (SSSR count). The molecule has 0 unspecified atom stereocenters. The first kappa shape index (κ1) is 23.0. The van der Waals surface area contributed by atoms with E-state index in [1.165, 1.54) is 5.56 Å². The molecule has 1 aromatic heterocycles. The van der Waals surface area contributed by atoms with Gasteiger partial charge < -0.3 is 19.3 Å². The molecule has 1 aliphatic heterocycles. The molecule has 0 atom stereocenters. The second kappa shape index (κ2) is 10.6. The largest absolute Gasteiger partial charge is 0.497 e. The van der Waals surface area contributed by atoms with Gasteiger partial charge in [0.2, 0.25) is 5.78 Å². The number of ketones is 1. The van der Waals surface area contributed by atoms with E-state index in [0.29, 0.717) is 18.8 Å². The highest BCUT2D eigenvalue weighted by Gasteiger charge is 2.29. The molecule has 7 heteroatoms. The molecule has 0 saturated carbocycles. The minimum absolute atomic E-state index is 0.0442. The number of carboxylic acid groups (broad SMARTS) is 1. The highest BCUT2D eigenvalue weighted by molar-refractivity contribution is 5.98. The number of aromatic nitrogens is 2. The topological polar surface area (TPSA) is 84.7 Å². The Morgan fingerprint density at radius 2 is 1.79 bits per heavy atom. The summed E-state index contributed by atoms with van der Waals surface area (Å²) in [5, 5.41) is 9.00. The van der Waals surface area contributed by atoms with Gasteiger partial charge in [0.15, 0.2) is 5.82 Å². The Morgan fingerprint density at radius 3 is 2.48 bits per heavy atom. The first-order valence-corrected chi connectivity index (χ1v) is 11.6. The molecule has 0 spiro atoms. The van der Waals surface area contributed by atoms with Crippen LogP contribution in [0.3, 0.4) is 0 Å². The van der Waals surface area contributed by atoms with E-state index in [4.69, 9.17) is 9.84 Å². The molecular formula is C26H31N3O4. The number of para-hydroxylation sites is 2. The lowest BCUT2D eigenvalue weighted by Crippen LogP contribution is -2.38. The minimum atomic E-state index is -0.825. The molecule has 0 radical (unpaired) electrons. The summed E-state index contributed by atoms with van der Waals surface area (Å²) in [5.74, 6) is 0.549. The summed E-state index contributed by atoms with van der Waals surface area (Å²) in [6.07, 6.45) is 3.16. The van der Waals surface area contributed by atoms with Crippen molar-refractivity contribution in [1.29, 1.82) is 0 Å². The number of likely N-dealkylation sites (tertiary alicyclic amines) is 1. The first-order valence-electron chi connectivity index (χ1n) is 11.6. The maximum Gasteiger partial charge on any atom is 0.303 e. The van der Waals surface area contributed by atoms with E-state index in [1.54, 1.807) is 7.11 Å². The van der Waals surface area contributed by atoms with Crippen molar-refractivity contribution in [2.24, 2.45) is 5.92 Å². The third-order valence-electron chi connectivity index (χ3n) is 6.48. The van der Waals surface area contributed by atoms with Gasteiger partial charge in [-0.3, -0.25) is 9.59 Å². The van der Waals surface area contributed by atoms with Gasteiger partial charge in [-0.25, -0.2) is 4.98 Å². The Labute approximate surface area is 194 Å². The number of hydrogen-bond acceptors (Lipinski definition) is 5. The molecule has 33 heavy (non-hydrogen) atoms. The number of benzene rings is 2. The van der Waals surface area contributed by atoms with E-state index in [2.05, 4.69) is 22.0 Å². The summed E-state index contributed by atoms with van der Waals surface area (Å²) in [6, 6.07) is 15.9. The molecule has 1 aliphatic rings. The Bertz CT molecular complexity index is 1100. The number of fused-ring (bicyclic) bond motifs is 1. The summed E-state index contributed by atoms with van der Waals surface area (Å²) in [6.45, 7) is 3.24. The number of carboxylic acids is 1. The predicted octanol–water partition coefficient (Wildman–Crippen LogP) is 4.05. The number of piperidine rings is 1. The van der Waals surface area contributed by atoms with E-state index in [1.807, 2.05) is 41.0 Å². The smallest absolute Gasteiger partial charge is 0.303 e. The van der Waals surface area contributed by atoms with Crippen LogP contribution in [0.4, 0.5) is 0 Å². The number of nitrogens with zero attached hydrogens (tertiary/aromatic N) is 3. The zero-order chi connectivity index (χ0) is 23.2. The fourth-order valence-electron chi connectivity index (χ4n) is 4.56. The summed E-state index contributed by atoms with van der Waals surface area (Å²) in [4.78, 5) is 31.4. The van der Waals surface area contributed by atoms with Gasteiger partial charge >= 0.3 is 5.97 Å². The van der Waals surface area contributed by atoms with Crippen LogP contribution in [0.25, 0.3) is 11.0 Å². The van der Waals surface area contributed by atoms with Crippen LogP contribution in [0, 0.1) is 5.92 Å². The third-order valence-corrected chi connectivity index (χ3v) is 6.48. The fraction of sp³-hybridized carbons (Fsp3) is 0.423. The normalized spacial score (nSPS) is 15.1. The number of Topliss-reactive ketones (excluding diaryl/α,β-unsaturated/α-hetero) is 1. The lowest BCUT2D eigenvalue weighted by Gasteiger charge is -2.31. The Balaban J connectivity index is 1.37. The summed E-state index contributed by atoms with van der Waals surface area (Å²) >= 11 is 0. The number of imidazole rings is 1. The molecule has 0 aliphatic carbocycles. The molecule has 174 valence electrons. The standard InChI is InChI=1S/C26H31N3O4/c1-33-21-10-8-19(9-11-21)12-16-28-17-13-20(14-18-28)25(32)26-27-22-5-2-3-6-23(22)29(26)15-4-7-24(30)31/h2-3,5-6,8-11,20H,4,7,12-18H2,1H3,(H,30,31). The fourth-order valence-corrected chi connectivity index (χ4v) is 4.56. The highest BCUT2D eigenvalue weighted by Crippen LogP contribution is 2.25.